The van der Waals surface area contributed by atoms with E-state index < -0.39 is 12.0 Å². The van der Waals surface area contributed by atoms with Gasteiger partial charge in [0.25, 0.3) is 0 Å². The topological polar surface area (TPSA) is 42.2 Å². The zero-order valence-electron chi connectivity index (χ0n) is 9.07. The SMILES string of the molecule is Cc1c(Br)c2ccccc2n1C(C)C(=O)O. The van der Waals surface area contributed by atoms with Gasteiger partial charge in [0.2, 0.25) is 0 Å². The van der Waals surface area contributed by atoms with Crippen molar-refractivity contribution in [2.24, 2.45) is 0 Å². The summed E-state index contributed by atoms with van der Waals surface area (Å²) in [5.74, 6) is -0.823. The van der Waals surface area contributed by atoms with Crippen LogP contribution in [-0.4, -0.2) is 15.6 Å². The summed E-state index contributed by atoms with van der Waals surface area (Å²) in [5, 5.41) is 10.1. The van der Waals surface area contributed by atoms with Crippen LogP contribution in [-0.2, 0) is 4.79 Å². The van der Waals surface area contributed by atoms with Gasteiger partial charge in [-0.15, -0.1) is 0 Å². The maximum Gasteiger partial charge on any atom is 0.326 e. The molecule has 1 aromatic heterocycles. The second kappa shape index (κ2) is 3.94. The zero-order valence-corrected chi connectivity index (χ0v) is 10.7. The van der Waals surface area contributed by atoms with E-state index in [1.165, 1.54) is 0 Å². The van der Waals surface area contributed by atoms with E-state index >= 15 is 0 Å². The van der Waals surface area contributed by atoms with Crippen molar-refractivity contribution in [1.29, 1.82) is 0 Å². The van der Waals surface area contributed by atoms with E-state index in [0.29, 0.717) is 0 Å². The molecule has 1 atom stereocenters. The number of carboxylic acid groups (broad SMARTS) is 1. The molecule has 0 saturated heterocycles. The molecule has 2 rings (SSSR count). The lowest BCUT2D eigenvalue weighted by molar-refractivity contribution is -0.140. The second-order valence-electron chi connectivity index (χ2n) is 3.80. The van der Waals surface area contributed by atoms with Gasteiger partial charge in [0, 0.05) is 15.6 Å². The smallest absolute Gasteiger partial charge is 0.326 e. The number of aromatic nitrogens is 1. The van der Waals surface area contributed by atoms with Crippen molar-refractivity contribution in [2.75, 3.05) is 0 Å². The average molecular weight is 282 g/mol. The second-order valence-corrected chi connectivity index (χ2v) is 4.59. The number of para-hydroxylation sites is 1. The Hall–Kier alpha value is -1.29. The molecule has 2 aromatic rings. The first-order chi connectivity index (χ1) is 7.54. The van der Waals surface area contributed by atoms with E-state index in [9.17, 15) is 4.79 Å². The lowest BCUT2D eigenvalue weighted by Crippen LogP contribution is -2.16. The van der Waals surface area contributed by atoms with Gasteiger partial charge < -0.3 is 9.67 Å². The minimum Gasteiger partial charge on any atom is -0.480 e. The Morgan fingerprint density at radius 2 is 2.06 bits per heavy atom. The van der Waals surface area contributed by atoms with E-state index in [-0.39, 0.29) is 0 Å². The molecule has 16 heavy (non-hydrogen) atoms. The Labute approximate surface area is 102 Å². The van der Waals surface area contributed by atoms with E-state index in [4.69, 9.17) is 5.11 Å². The standard InChI is InChI=1S/C12H12BrNO2/c1-7-11(13)9-5-3-4-6-10(9)14(7)8(2)12(15)16/h3-6,8H,1-2H3,(H,15,16). The third-order valence-electron chi connectivity index (χ3n) is 2.82. The van der Waals surface area contributed by atoms with E-state index in [2.05, 4.69) is 15.9 Å². The predicted molar refractivity (Wildman–Crippen MR) is 66.7 cm³/mol. The molecule has 3 nitrogen and oxygen atoms in total. The molecular formula is C12H12BrNO2. The summed E-state index contributed by atoms with van der Waals surface area (Å²) in [4.78, 5) is 11.1. The summed E-state index contributed by atoms with van der Waals surface area (Å²) < 4.78 is 2.80. The number of benzene rings is 1. The molecule has 0 saturated carbocycles. The third-order valence-corrected chi connectivity index (χ3v) is 3.82. The Morgan fingerprint density at radius 3 is 2.69 bits per heavy atom. The fraction of sp³-hybridized carbons (Fsp3) is 0.250. The van der Waals surface area contributed by atoms with Crippen LogP contribution in [0.1, 0.15) is 18.7 Å². The van der Waals surface area contributed by atoms with Crippen molar-refractivity contribution >= 4 is 32.8 Å². The van der Waals surface area contributed by atoms with Crippen molar-refractivity contribution in [2.45, 2.75) is 19.9 Å². The van der Waals surface area contributed by atoms with Crippen LogP contribution < -0.4 is 0 Å². The van der Waals surface area contributed by atoms with Crippen LogP contribution in [0, 0.1) is 6.92 Å². The largest absolute Gasteiger partial charge is 0.480 e. The van der Waals surface area contributed by atoms with Crippen LogP contribution in [0.15, 0.2) is 28.7 Å². The Bertz CT molecular complexity index is 559. The molecule has 0 aliphatic carbocycles. The molecule has 0 fully saturated rings. The van der Waals surface area contributed by atoms with Crippen LogP contribution >= 0.6 is 15.9 Å². The fourth-order valence-electron chi connectivity index (χ4n) is 1.96. The fourth-order valence-corrected chi connectivity index (χ4v) is 2.49. The summed E-state index contributed by atoms with van der Waals surface area (Å²) >= 11 is 3.51. The molecule has 1 heterocycles. The molecule has 1 unspecified atom stereocenters. The van der Waals surface area contributed by atoms with Crippen molar-refractivity contribution < 1.29 is 9.90 Å². The highest BCUT2D eigenvalue weighted by Gasteiger charge is 2.20. The molecule has 84 valence electrons. The molecule has 0 bridgehead atoms. The van der Waals surface area contributed by atoms with Gasteiger partial charge in [0.05, 0.1) is 5.52 Å². The van der Waals surface area contributed by atoms with E-state index in [1.807, 2.05) is 35.8 Å². The quantitative estimate of drug-likeness (QED) is 0.917. The molecule has 1 N–H and O–H groups in total. The Balaban J connectivity index is 2.78. The molecule has 0 radical (unpaired) electrons. The predicted octanol–water partition coefficient (Wildman–Crippen LogP) is 3.36. The van der Waals surface area contributed by atoms with Gasteiger partial charge >= 0.3 is 5.97 Å². The van der Waals surface area contributed by atoms with Crippen LogP contribution in [0.4, 0.5) is 0 Å². The molecular weight excluding hydrogens is 270 g/mol. The number of carbonyl (C=O) groups is 1. The number of hydrogen-bond acceptors (Lipinski definition) is 1. The maximum absolute atomic E-state index is 11.1. The van der Waals surface area contributed by atoms with Crippen LogP contribution in [0.3, 0.4) is 0 Å². The molecule has 4 heteroatoms. The number of nitrogens with zero attached hydrogens (tertiary/aromatic N) is 1. The number of rotatable bonds is 2. The van der Waals surface area contributed by atoms with E-state index in [1.54, 1.807) is 6.92 Å². The number of aliphatic carboxylic acids is 1. The van der Waals surface area contributed by atoms with Gasteiger partial charge in [-0.05, 0) is 35.8 Å². The summed E-state index contributed by atoms with van der Waals surface area (Å²) in [5.41, 5.74) is 1.89. The summed E-state index contributed by atoms with van der Waals surface area (Å²) in [7, 11) is 0. The van der Waals surface area contributed by atoms with Gasteiger partial charge in [-0.25, -0.2) is 4.79 Å². The number of hydrogen-bond donors (Lipinski definition) is 1. The van der Waals surface area contributed by atoms with Crippen LogP contribution in [0.5, 0.6) is 0 Å². The molecule has 0 aliphatic rings. The van der Waals surface area contributed by atoms with Gasteiger partial charge in [-0.1, -0.05) is 18.2 Å². The first-order valence-electron chi connectivity index (χ1n) is 5.02. The highest BCUT2D eigenvalue weighted by molar-refractivity contribution is 9.10. The molecule has 0 amide bonds. The van der Waals surface area contributed by atoms with Gasteiger partial charge in [0.1, 0.15) is 6.04 Å². The highest BCUT2D eigenvalue weighted by atomic mass is 79.9. The van der Waals surface area contributed by atoms with Crippen molar-refractivity contribution in [3.63, 3.8) is 0 Å². The number of carboxylic acids is 1. The summed E-state index contributed by atoms with van der Waals surface area (Å²) in [6, 6.07) is 7.22. The number of halogens is 1. The minimum absolute atomic E-state index is 0.559. The first-order valence-corrected chi connectivity index (χ1v) is 5.81. The average Bonchev–Trinajstić information content (AvgIpc) is 2.52. The highest BCUT2D eigenvalue weighted by Crippen LogP contribution is 2.32. The lowest BCUT2D eigenvalue weighted by atomic mass is 10.2. The zero-order chi connectivity index (χ0) is 11.9. The van der Waals surface area contributed by atoms with Crippen molar-refractivity contribution in [1.82, 2.24) is 4.57 Å². The van der Waals surface area contributed by atoms with Crippen LogP contribution in [0.25, 0.3) is 10.9 Å². The van der Waals surface area contributed by atoms with E-state index in [0.717, 1.165) is 21.1 Å². The Kier molecular flexibility index (Phi) is 2.76. The number of fused-ring (bicyclic) bond motifs is 1. The van der Waals surface area contributed by atoms with Crippen LogP contribution in [0.2, 0.25) is 0 Å². The van der Waals surface area contributed by atoms with Crippen molar-refractivity contribution in [3.8, 4) is 0 Å². The normalized spacial score (nSPS) is 12.9. The van der Waals surface area contributed by atoms with Crippen molar-refractivity contribution in [3.05, 3.63) is 34.4 Å². The monoisotopic (exact) mass is 281 g/mol. The maximum atomic E-state index is 11.1. The minimum atomic E-state index is -0.823. The lowest BCUT2D eigenvalue weighted by Gasteiger charge is -2.12. The molecule has 0 aliphatic heterocycles. The summed E-state index contributed by atoms with van der Waals surface area (Å²) in [6.45, 7) is 3.61. The van der Waals surface area contributed by atoms with Gasteiger partial charge in [-0.2, -0.15) is 0 Å². The summed E-state index contributed by atoms with van der Waals surface area (Å²) in [6.07, 6.45) is 0. The Morgan fingerprint density at radius 1 is 1.44 bits per heavy atom. The third kappa shape index (κ3) is 1.53. The van der Waals surface area contributed by atoms with Gasteiger partial charge in [0.15, 0.2) is 0 Å². The van der Waals surface area contributed by atoms with Gasteiger partial charge in [-0.3, -0.25) is 0 Å². The molecule has 0 spiro atoms. The first kappa shape index (κ1) is 11.2. The molecule has 1 aromatic carbocycles.